The molecule has 4 N–H and O–H groups in total. The number of ether oxygens (including phenoxy) is 1. The van der Waals surface area contributed by atoms with Crippen molar-refractivity contribution in [3.05, 3.63) is 30.0 Å². The van der Waals surface area contributed by atoms with Gasteiger partial charge in [0, 0.05) is 30.4 Å². The van der Waals surface area contributed by atoms with Crippen molar-refractivity contribution in [3.8, 4) is 0 Å². The summed E-state index contributed by atoms with van der Waals surface area (Å²) < 4.78 is 5.43. The smallest absolute Gasteiger partial charge is 0.407 e. The zero-order valence-electron chi connectivity index (χ0n) is 14.7. The normalized spacial score (nSPS) is 19.3. The molecule has 1 fully saturated rings. The first-order valence-corrected chi connectivity index (χ1v) is 8.91. The number of aromatic amines is 2. The van der Waals surface area contributed by atoms with Crippen LogP contribution < -0.4 is 10.6 Å². The van der Waals surface area contributed by atoms with Crippen LogP contribution in [0.5, 0.6) is 0 Å². The van der Waals surface area contributed by atoms with E-state index in [9.17, 15) is 9.59 Å². The minimum Gasteiger partial charge on any atom is -0.446 e. The van der Waals surface area contributed by atoms with E-state index in [0.717, 1.165) is 31.4 Å². The van der Waals surface area contributed by atoms with Gasteiger partial charge in [-0.3, -0.25) is 9.89 Å². The number of H-pyrrole nitrogens is 2. The van der Waals surface area contributed by atoms with Crippen LogP contribution in [0.15, 0.2) is 18.6 Å². The van der Waals surface area contributed by atoms with Gasteiger partial charge in [0.15, 0.2) is 5.82 Å². The number of carbonyl (C=O) groups excluding carboxylic acids is 2. The van der Waals surface area contributed by atoms with Crippen molar-refractivity contribution < 1.29 is 14.3 Å². The molecule has 9 nitrogen and oxygen atoms in total. The Bertz CT molecular complexity index is 727. The average molecular weight is 360 g/mol. The van der Waals surface area contributed by atoms with Crippen LogP contribution in [-0.4, -0.2) is 44.8 Å². The van der Waals surface area contributed by atoms with E-state index >= 15 is 0 Å². The quantitative estimate of drug-likeness (QED) is 0.602. The fourth-order valence-electron chi connectivity index (χ4n) is 3.10. The van der Waals surface area contributed by atoms with Gasteiger partial charge in [0.1, 0.15) is 6.10 Å². The summed E-state index contributed by atoms with van der Waals surface area (Å²) in [6.45, 7) is 2.62. The molecular weight excluding hydrogens is 336 g/mol. The van der Waals surface area contributed by atoms with Gasteiger partial charge < -0.3 is 20.4 Å². The predicted molar refractivity (Wildman–Crippen MR) is 94.7 cm³/mol. The van der Waals surface area contributed by atoms with Crippen molar-refractivity contribution in [1.29, 1.82) is 0 Å². The van der Waals surface area contributed by atoms with Crippen molar-refractivity contribution in [1.82, 2.24) is 25.5 Å². The molecule has 2 aromatic heterocycles. The van der Waals surface area contributed by atoms with Crippen LogP contribution in [0.25, 0.3) is 0 Å². The summed E-state index contributed by atoms with van der Waals surface area (Å²) in [6.07, 6.45) is 6.34. The van der Waals surface area contributed by atoms with Gasteiger partial charge in [-0.05, 0) is 25.7 Å². The average Bonchev–Trinajstić information content (AvgIpc) is 3.35. The number of hydrogen-bond donors (Lipinski definition) is 4. The van der Waals surface area contributed by atoms with Crippen LogP contribution >= 0.6 is 0 Å². The number of alkyl carbamates (subject to hydrolysis) is 1. The number of anilines is 1. The first-order chi connectivity index (χ1) is 12.6. The van der Waals surface area contributed by atoms with Gasteiger partial charge in [-0.15, -0.1) is 0 Å². The fourth-order valence-corrected chi connectivity index (χ4v) is 3.10. The molecular formula is C17H24N6O3. The van der Waals surface area contributed by atoms with Crippen molar-refractivity contribution in [3.63, 3.8) is 0 Å². The minimum atomic E-state index is -0.353. The Balaban J connectivity index is 1.47. The molecule has 2 aromatic rings. The highest BCUT2D eigenvalue weighted by atomic mass is 16.6. The molecule has 2 heterocycles. The molecule has 140 valence electrons. The Hall–Kier alpha value is -2.84. The lowest BCUT2D eigenvalue weighted by atomic mass is 10.0. The van der Waals surface area contributed by atoms with Crippen LogP contribution in [0.4, 0.5) is 10.6 Å². The van der Waals surface area contributed by atoms with Gasteiger partial charge in [-0.1, -0.05) is 6.92 Å². The molecule has 0 bridgehead atoms. The van der Waals surface area contributed by atoms with Gasteiger partial charge in [0.05, 0.1) is 18.4 Å². The number of carbonyl (C=O) groups is 2. The van der Waals surface area contributed by atoms with E-state index in [2.05, 4.69) is 30.8 Å². The summed E-state index contributed by atoms with van der Waals surface area (Å²) in [5.41, 5.74) is 1.62. The summed E-state index contributed by atoms with van der Waals surface area (Å²) >= 11 is 0. The maximum Gasteiger partial charge on any atom is 0.407 e. The van der Waals surface area contributed by atoms with E-state index in [1.165, 1.54) is 6.33 Å². The van der Waals surface area contributed by atoms with Crippen molar-refractivity contribution >= 4 is 17.8 Å². The van der Waals surface area contributed by atoms with Crippen LogP contribution in [0.2, 0.25) is 0 Å². The maximum absolute atomic E-state index is 12.0. The van der Waals surface area contributed by atoms with Crippen LogP contribution in [0.1, 0.15) is 49.9 Å². The standard InChI is InChI=1S/C17H24N6O3/c1-2-5-19-17(25)26-13-4-3-11(6-13)14-8-15(23-22-14)21-16(24)7-12-9-18-10-20-12/h8-11,13H,2-7H2,1H3,(H,18,20)(H,19,25)(H2,21,22,23,24). The molecule has 9 heteroatoms. The molecule has 0 radical (unpaired) electrons. The summed E-state index contributed by atoms with van der Waals surface area (Å²) in [6, 6.07) is 1.84. The van der Waals surface area contributed by atoms with Crippen LogP contribution in [-0.2, 0) is 16.0 Å². The monoisotopic (exact) mass is 360 g/mol. The number of imidazole rings is 1. The summed E-state index contributed by atoms with van der Waals surface area (Å²) in [4.78, 5) is 30.5. The second-order valence-corrected chi connectivity index (χ2v) is 6.46. The first kappa shape index (κ1) is 18.0. The lowest BCUT2D eigenvalue weighted by molar-refractivity contribution is -0.115. The highest BCUT2D eigenvalue weighted by Crippen LogP contribution is 2.35. The van der Waals surface area contributed by atoms with E-state index < -0.39 is 0 Å². The lowest BCUT2D eigenvalue weighted by Gasteiger charge is -2.12. The molecule has 0 aromatic carbocycles. The molecule has 1 aliphatic rings. The Morgan fingerprint density at radius 3 is 3.04 bits per heavy atom. The third kappa shape index (κ3) is 4.84. The molecule has 0 spiro atoms. The van der Waals surface area contributed by atoms with E-state index in [-0.39, 0.29) is 30.4 Å². The van der Waals surface area contributed by atoms with Crippen molar-refractivity contribution in [2.75, 3.05) is 11.9 Å². The number of nitrogens with one attached hydrogen (secondary N) is 4. The van der Waals surface area contributed by atoms with Crippen molar-refractivity contribution in [2.24, 2.45) is 0 Å². The van der Waals surface area contributed by atoms with E-state index in [1.807, 2.05) is 13.0 Å². The zero-order valence-corrected chi connectivity index (χ0v) is 14.7. The molecule has 26 heavy (non-hydrogen) atoms. The van der Waals surface area contributed by atoms with Gasteiger partial charge >= 0.3 is 6.09 Å². The summed E-state index contributed by atoms with van der Waals surface area (Å²) in [7, 11) is 0. The molecule has 0 saturated heterocycles. The summed E-state index contributed by atoms with van der Waals surface area (Å²) in [5.74, 6) is 0.560. The third-order valence-electron chi connectivity index (χ3n) is 4.38. The number of rotatable bonds is 7. The van der Waals surface area contributed by atoms with Gasteiger partial charge in [0.25, 0.3) is 0 Å². The second kappa shape index (κ2) is 8.50. The number of amides is 2. The first-order valence-electron chi connectivity index (χ1n) is 8.91. The van der Waals surface area contributed by atoms with Gasteiger partial charge in [-0.25, -0.2) is 9.78 Å². The van der Waals surface area contributed by atoms with Gasteiger partial charge in [0.2, 0.25) is 5.91 Å². The summed E-state index contributed by atoms with van der Waals surface area (Å²) in [5, 5.41) is 12.6. The fraction of sp³-hybridized carbons (Fsp3) is 0.529. The maximum atomic E-state index is 12.0. The lowest BCUT2D eigenvalue weighted by Crippen LogP contribution is -2.28. The SMILES string of the molecule is CCCNC(=O)OC1CCC(c2cc(NC(=O)Cc3c[nH]cn3)n[nH]2)C1. The van der Waals surface area contributed by atoms with Gasteiger partial charge in [-0.2, -0.15) is 5.10 Å². The topological polar surface area (TPSA) is 125 Å². The van der Waals surface area contributed by atoms with Crippen molar-refractivity contribution in [2.45, 2.75) is 51.0 Å². The Morgan fingerprint density at radius 1 is 1.38 bits per heavy atom. The Kier molecular flexibility index (Phi) is 5.88. The predicted octanol–water partition coefficient (Wildman–Crippen LogP) is 2.09. The van der Waals surface area contributed by atoms with E-state index in [4.69, 9.17) is 4.74 Å². The molecule has 2 amide bonds. The molecule has 1 aliphatic carbocycles. The van der Waals surface area contributed by atoms with Crippen LogP contribution in [0, 0.1) is 0 Å². The second-order valence-electron chi connectivity index (χ2n) is 6.46. The zero-order chi connectivity index (χ0) is 18.4. The van der Waals surface area contributed by atoms with E-state index in [1.54, 1.807) is 6.20 Å². The highest BCUT2D eigenvalue weighted by molar-refractivity contribution is 5.91. The molecule has 2 unspecified atom stereocenters. The molecule has 0 aliphatic heterocycles. The molecule has 3 rings (SSSR count). The Morgan fingerprint density at radius 2 is 2.27 bits per heavy atom. The Labute approximate surface area is 151 Å². The molecule has 2 atom stereocenters. The number of hydrogen-bond acceptors (Lipinski definition) is 5. The third-order valence-corrected chi connectivity index (χ3v) is 4.38. The highest BCUT2D eigenvalue weighted by Gasteiger charge is 2.29. The number of aromatic nitrogens is 4. The number of nitrogens with zero attached hydrogens (tertiary/aromatic N) is 2. The molecule has 1 saturated carbocycles. The van der Waals surface area contributed by atoms with Crippen LogP contribution in [0.3, 0.4) is 0 Å². The minimum absolute atomic E-state index is 0.0853. The van der Waals surface area contributed by atoms with E-state index in [0.29, 0.717) is 18.1 Å². The largest absolute Gasteiger partial charge is 0.446 e.